The van der Waals surface area contributed by atoms with Gasteiger partial charge in [-0.05, 0) is 0 Å². The van der Waals surface area contributed by atoms with Gasteiger partial charge in [0.05, 0.1) is 0 Å². The van der Waals surface area contributed by atoms with Crippen LogP contribution in [0.1, 0.15) is 20.8 Å². The van der Waals surface area contributed by atoms with Crippen LogP contribution in [0.4, 0.5) is 0 Å². The molecule has 0 saturated carbocycles. The van der Waals surface area contributed by atoms with E-state index in [2.05, 4.69) is 16.0 Å². The minimum atomic E-state index is 0. The van der Waals surface area contributed by atoms with Crippen molar-refractivity contribution in [3.63, 3.8) is 0 Å². The summed E-state index contributed by atoms with van der Waals surface area (Å²) in [5.74, 6) is 0. The maximum atomic E-state index is 3.74. The van der Waals surface area contributed by atoms with Crippen molar-refractivity contribution in [1.82, 2.24) is 0 Å². The Morgan fingerprint density at radius 2 is 0.714 bits per heavy atom. The fourth-order valence-electron chi connectivity index (χ4n) is 0. The van der Waals surface area contributed by atoms with Gasteiger partial charge in [0.15, 0.2) is 0 Å². The molecule has 0 aromatic heterocycles. The summed E-state index contributed by atoms with van der Waals surface area (Å²) < 4.78 is 0. The summed E-state index contributed by atoms with van der Waals surface area (Å²) in [7, 11) is 5.42. The fourth-order valence-corrected chi connectivity index (χ4v) is 0. The Morgan fingerprint density at radius 1 is 0.643 bits per heavy atom. The molecule has 0 spiro atoms. The summed E-state index contributed by atoms with van der Waals surface area (Å²) >= 11 is 0. The summed E-state index contributed by atoms with van der Waals surface area (Å²) in [5.41, 5.74) is 0. The van der Waals surface area contributed by atoms with Crippen LogP contribution >= 0.6 is 0 Å². The summed E-state index contributed by atoms with van der Waals surface area (Å²) in [6.07, 6.45) is 0. The zero-order chi connectivity index (χ0) is 10.2. The third kappa shape index (κ3) is 125. The quantitative estimate of drug-likeness (QED) is 0.710. The molecule has 0 bridgehead atoms. The van der Waals surface area contributed by atoms with Crippen LogP contribution in [-0.4, -0.2) is 40.8 Å². The number of nitrogens with zero attached hydrogens (tertiary/aromatic N) is 3. The van der Waals surface area contributed by atoms with Crippen molar-refractivity contribution < 1.29 is 26.2 Å². The van der Waals surface area contributed by atoms with Crippen molar-refractivity contribution in [3.8, 4) is 0 Å². The Labute approximate surface area is 111 Å². The predicted molar refractivity (Wildman–Crippen MR) is 65.9 cm³/mol. The first-order valence-corrected chi connectivity index (χ1v) is 4.41. The number of rotatable bonds is 3. The van der Waals surface area contributed by atoms with Crippen molar-refractivity contribution in [2.45, 2.75) is 20.8 Å². The van der Waals surface area contributed by atoms with Crippen LogP contribution in [0.15, 0.2) is 0 Å². The molecule has 0 aromatic rings. The smallest absolute Gasteiger partial charge is 0.665 e. The van der Waals surface area contributed by atoms with Gasteiger partial charge in [0.25, 0.3) is 0 Å². The molecule has 0 aliphatic heterocycles. The summed E-state index contributed by atoms with van der Waals surface area (Å²) in [6.45, 7) is 8.88. The first kappa shape index (κ1) is 29.3. The molecule has 0 unspecified atom stereocenters. The molecule has 0 amide bonds. The molecular formula is C10H27N3Zr. The van der Waals surface area contributed by atoms with Gasteiger partial charge in [-0.2, -0.15) is 40.8 Å². The van der Waals surface area contributed by atoms with Crippen LogP contribution in [0.5, 0.6) is 0 Å². The van der Waals surface area contributed by atoms with Gasteiger partial charge in [-0.15, -0.1) is 0 Å². The first-order chi connectivity index (χ1) is 5.74. The van der Waals surface area contributed by atoms with Gasteiger partial charge in [0.2, 0.25) is 0 Å². The minimum absolute atomic E-state index is 0. The topological polar surface area (TPSA) is 42.3 Å². The van der Waals surface area contributed by atoms with Gasteiger partial charge < -0.3 is 23.4 Å². The van der Waals surface area contributed by atoms with Crippen molar-refractivity contribution in [1.29, 1.82) is 0 Å². The third-order valence-electron chi connectivity index (χ3n) is 0.949. The van der Waals surface area contributed by atoms with E-state index in [9.17, 15) is 0 Å². The van der Waals surface area contributed by atoms with E-state index < -0.39 is 0 Å². The fraction of sp³-hybridized carbons (Fsp3) is 0.900. The zero-order valence-corrected chi connectivity index (χ0v) is 13.4. The molecule has 0 saturated heterocycles. The molecule has 0 N–H and O–H groups in total. The Kier molecular flexibility index (Phi) is 103. The average Bonchev–Trinajstić information content (AvgIpc) is 2.18. The summed E-state index contributed by atoms with van der Waals surface area (Å²) in [4.78, 5) is 0. The van der Waals surface area contributed by atoms with E-state index in [1.807, 2.05) is 20.8 Å². The zero-order valence-electron chi connectivity index (χ0n) is 11.0. The molecule has 14 heavy (non-hydrogen) atoms. The van der Waals surface area contributed by atoms with E-state index in [4.69, 9.17) is 0 Å². The first-order valence-electron chi connectivity index (χ1n) is 4.41. The van der Waals surface area contributed by atoms with Gasteiger partial charge in [-0.3, -0.25) is 0 Å². The van der Waals surface area contributed by atoms with Crippen molar-refractivity contribution >= 4 is 0 Å². The maximum Gasteiger partial charge on any atom is 4.00 e. The molecule has 0 aliphatic rings. The average molecular weight is 281 g/mol. The molecule has 0 radical (unpaired) electrons. The Morgan fingerprint density at radius 3 is 0.714 bits per heavy atom. The van der Waals surface area contributed by atoms with Crippen LogP contribution in [-0.2, 0) is 26.2 Å². The van der Waals surface area contributed by atoms with E-state index >= 15 is 0 Å². The monoisotopic (exact) mass is 279 g/mol. The van der Waals surface area contributed by atoms with Gasteiger partial charge in [-0.1, -0.05) is 20.8 Å². The minimum Gasteiger partial charge on any atom is -0.665 e. The second-order valence-corrected chi connectivity index (χ2v) is 1.90. The third-order valence-corrected chi connectivity index (χ3v) is 0.949. The number of hydrogen-bond donors (Lipinski definition) is 0. The standard InChI is InChI=1S/3C3H8N.CH3.Zr/c3*1-3-4-2;;/h3*3H2,1-2H3;1H3;/q4*-1;+4. The summed E-state index contributed by atoms with van der Waals surface area (Å²) in [5, 5.41) is 11.2. The van der Waals surface area contributed by atoms with Gasteiger partial charge in [0, 0.05) is 0 Å². The molecule has 86 valence electrons. The maximum absolute atomic E-state index is 3.74. The molecule has 0 fully saturated rings. The van der Waals surface area contributed by atoms with E-state index in [-0.39, 0.29) is 33.6 Å². The van der Waals surface area contributed by atoms with Crippen LogP contribution in [0.25, 0.3) is 16.0 Å². The molecule has 0 aliphatic carbocycles. The number of hydrogen-bond acceptors (Lipinski definition) is 0. The van der Waals surface area contributed by atoms with E-state index in [0.29, 0.717) is 0 Å². The SMILES string of the molecule is CC[N-]C.CC[N-]C.CC[N-]C.[CH3-].[Zr+4]. The second-order valence-electron chi connectivity index (χ2n) is 1.90. The van der Waals surface area contributed by atoms with Gasteiger partial charge in [0.1, 0.15) is 0 Å². The molecule has 0 aromatic carbocycles. The molecular weight excluding hydrogens is 253 g/mol. The van der Waals surface area contributed by atoms with E-state index in [1.165, 1.54) is 0 Å². The van der Waals surface area contributed by atoms with Crippen LogP contribution < -0.4 is 0 Å². The normalized spacial score (nSPS) is 6.43. The van der Waals surface area contributed by atoms with E-state index in [1.54, 1.807) is 21.1 Å². The predicted octanol–water partition coefficient (Wildman–Crippen LogP) is 3.48. The van der Waals surface area contributed by atoms with Crippen molar-refractivity contribution in [3.05, 3.63) is 23.4 Å². The largest absolute Gasteiger partial charge is 4.00 e. The second kappa shape index (κ2) is 49.0. The van der Waals surface area contributed by atoms with Crippen LogP contribution in [0.3, 0.4) is 0 Å². The Hall–Kier alpha value is 0.763. The van der Waals surface area contributed by atoms with Gasteiger partial charge in [-0.25, -0.2) is 0 Å². The summed E-state index contributed by atoms with van der Waals surface area (Å²) in [6, 6.07) is 0. The van der Waals surface area contributed by atoms with Crippen LogP contribution in [0, 0.1) is 7.43 Å². The molecule has 0 rings (SSSR count). The molecule has 0 atom stereocenters. The van der Waals surface area contributed by atoms with E-state index in [0.717, 1.165) is 19.6 Å². The molecule has 4 heteroatoms. The Balaban J connectivity index is -0.0000000270. The molecule has 3 nitrogen and oxygen atoms in total. The van der Waals surface area contributed by atoms with Gasteiger partial charge >= 0.3 is 26.2 Å². The Bertz CT molecular complexity index is 30.8. The van der Waals surface area contributed by atoms with Crippen molar-refractivity contribution in [2.75, 3.05) is 40.8 Å². The molecule has 0 heterocycles. The van der Waals surface area contributed by atoms with Crippen LogP contribution in [0.2, 0.25) is 0 Å². The van der Waals surface area contributed by atoms with Crippen molar-refractivity contribution in [2.24, 2.45) is 0 Å².